The van der Waals surface area contributed by atoms with Crippen molar-refractivity contribution in [2.45, 2.75) is 89.3 Å². The lowest BCUT2D eigenvalue weighted by Gasteiger charge is -2.16. The average molecular weight is 493 g/mol. The Kier molecular flexibility index (Phi) is 5.75. The molecule has 2 saturated carbocycles. The van der Waals surface area contributed by atoms with Gasteiger partial charge in [-0.1, -0.05) is 33.0 Å². The van der Waals surface area contributed by atoms with E-state index in [4.69, 9.17) is 14.8 Å². The van der Waals surface area contributed by atoms with E-state index in [9.17, 15) is 0 Å². The van der Waals surface area contributed by atoms with Crippen LogP contribution in [0.15, 0.2) is 24.8 Å². The van der Waals surface area contributed by atoms with E-state index in [2.05, 4.69) is 67.7 Å². The molecule has 2 aliphatic rings. The maximum absolute atomic E-state index is 6.01. The van der Waals surface area contributed by atoms with Gasteiger partial charge in [-0.2, -0.15) is 5.10 Å². The highest BCUT2D eigenvalue weighted by Gasteiger charge is 2.40. The molecule has 0 radical (unpaired) electrons. The van der Waals surface area contributed by atoms with Crippen LogP contribution in [-0.4, -0.2) is 53.6 Å². The van der Waals surface area contributed by atoms with Crippen molar-refractivity contribution in [3.63, 3.8) is 0 Å². The van der Waals surface area contributed by atoms with Gasteiger partial charge >= 0.3 is 0 Å². The molecule has 2 aliphatic carbocycles. The highest BCUT2D eigenvalue weighted by atomic mass is 28.3. The first kappa shape index (κ1) is 22.8. The summed E-state index contributed by atoms with van der Waals surface area (Å²) in [5, 5.41) is 13.9. The van der Waals surface area contributed by atoms with Gasteiger partial charge in [0.05, 0.1) is 17.8 Å². The summed E-state index contributed by atoms with van der Waals surface area (Å²) in [7, 11) is -1.11. The van der Waals surface area contributed by atoms with Gasteiger partial charge in [-0.15, -0.1) is 10.2 Å². The van der Waals surface area contributed by atoms with E-state index in [0.29, 0.717) is 30.5 Å². The Balaban J connectivity index is 1.29. The minimum Gasteiger partial charge on any atom is -0.361 e. The summed E-state index contributed by atoms with van der Waals surface area (Å²) in [6, 6.07) is 3.66. The first-order valence-electron chi connectivity index (χ1n) is 13.1. The molecule has 0 bridgehead atoms. The smallest absolute Gasteiger partial charge is 0.179 e. The summed E-state index contributed by atoms with van der Waals surface area (Å²) in [5.74, 6) is 3.70. The van der Waals surface area contributed by atoms with Gasteiger partial charge in [-0.05, 0) is 43.7 Å². The van der Waals surface area contributed by atoms with Crippen molar-refractivity contribution in [2.24, 2.45) is 5.92 Å². The Hall–Kier alpha value is -2.59. The lowest BCUT2D eigenvalue weighted by atomic mass is 9.93. The van der Waals surface area contributed by atoms with Crippen LogP contribution >= 0.6 is 0 Å². The minimum atomic E-state index is -1.11. The zero-order chi connectivity index (χ0) is 24.2. The Morgan fingerprint density at radius 2 is 1.94 bits per heavy atom. The van der Waals surface area contributed by atoms with Gasteiger partial charge in [0.2, 0.25) is 0 Å². The number of hydrogen-bond donors (Lipinski definition) is 0. The molecule has 10 heteroatoms. The molecule has 2 fully saturated rings. The number of nitrogens with zero attached hydrogens (tertiary/aromatic N) is 8. The fourth-order valence-electron chi connectivity index (χ4n) is 5.65. The van der Waals surface area contributed by atoms with E-state index in [1.165, 1.54) is 18.7 Å². The fourth-order valence-corrected chi connectivity index (χ4v) is 6.41. The topological polar surface area (TPSA) is 88.0 Å². The van der Waals surface area contributed by atoms with Crippen molar-refractivity contribution in [3.8, 4) is 0 Å². The SMILES string of the molecule is CCC1CC(n2ncnc2C2CC2)CC1c1nnc2cnc3c(ccn3COCC[Si](C)(C)C)n12. The van der Waals surface area contributed by atoms with E-state index in [1.807, 2.05) is 6.20 Å². The third-order valence-electron chi connectivity index (χ3n) is 7.81. The first-order chi connectivity index (χ1) is 16.9. The van der Waals surface area contributed by atoms with Crippen LogP contribution in [0.3, 0.4) is 0 Å². The molecule has 9 nitrogen and oxygen atoms in total. The quantitative estimate of drug-likeness (QED) is 0.241. The van der Waals surface area contributed by atoms with Gasteiger partial charge < -0.3 is 9.30 Å². The van der Waals surface area contributed by atoms with Crippen LogP contribution in [0.4, 0.5) is 0 Å². The average Bonchev–Trinajstić information content (AvgIpc) is 3.22. The first-order valence-corrected chi connectivity index (χ1v) is 16.8. The summed E-state index contributed by atoms with van der Waals surface area (Å²) < 4.78 is 12.5. The Morgan fingerprint density at radius 1 is 1.09 bits per heavy atom. The highest BCUT2D eigenvalue weighted by molar-refractivity contribution is 6.76. The third-order valence-corrected chi connectivity index (χ3v) is 9.52. The monoisotopic (exact) mass is 492 g/mol. The molecule has 0 aliphatic heterocycles. The maximum atomic E-state index is 6.01. The van der Waals surface area contributed by atoms with Crippen molar-refractivity contribution in [3.05, 3.63) is 36.4 Å². The zero-order valence-electron chi connectivity index (χ0n) is 21.3. The molecular formula is C25H36N8OSi. The van der Waals surface area contributed by atoms with Crippen LogP contribution < -0.4 is 0 Å². The molecular weight excluding hydrogens is 456 g/mol. The standard InChI is InChI=1S/C25H36N8OSi/c1-5-17-12-19(33-23(18-6-7-18)27-15-28-33)13-20(17)24-30-29-22-14-26-25-21(32(22)24)8-9-31(25)16-34-10-11-35(2,3)4/h8-9,14-15,17-20H,5-7,10-13,16H2,1-4H3. The second-order valence-corrected chi connectivity index (χ2v) is 17.2. The molecule has 35 heavy (non-hydrogen) atoms. The number of aromatic nitrogens is 8. The number of rotatable bonds is 9. The van der Waals surface area contributed by atoms with Crippen molar-refractivity contribution in [1.82, 2.24) is 38.9 Å². The van der Waals surface area contributed by atoms with E-state index < -0.39 is 8.07 Å². The van der Waals surface area contributed by atoms with E-state index in [0.717, 1.165) is 54.5 Å². The summed E-state index contributed by atoms with van der Waals surface area (Å²) in [6.45, 7) is 10.7. The van der Waals surface area contributed by atoms with Gasteiger partial charge in [-0.25, -0.2) is 14.6 Å². The lowest BCUT2D eigenvalue weighted by Crippen LogP contribution is -2.22. The maximum Gasteiger partial charge on any atom is 0.179 e. The molecule has 3 unspecified atom stereocenters. The van der Waals surface area contributed by atoms with Gasteiger partial charge in [0.15, 0.2) is 11.3 Å². The largest absolute Gasteiger partial charge is 0.361 e. The zero-order valence-corrected chi connectivity index (χ0v) is 22.3. The van der Waals surface area contributed by atoms with E-state index in [-0.39, 0.29) is 0 Å². The summed E-state index contributed by atoms with van der Waals surface area (Å²) in [4.78, 5) is 9.31. The summed E-state index contributed by atoms with van der Waals surface area (Å²) >= 11 is 0. The second kappa shape index (κ2) is 8.81. The van der Waals surface area contributed by atoms with E-state index >= 15 is 0 Å². The second-order valence-electron chi connectivity index (χ2n) is 11.6. The lowest BCUT2D eigenvalue weighted by molar-refractivity contribution is 0.0899. The number of fused-ring (bicyclic) bond motifs is 3. The molecule has 0 N–H and O–H groups in total. The predicted octanol–water partition coefficient (Wildman–Crippen LogP) is 5.01. The van der Waals surface area contributed by atoms with Gasteiger partial charge in [-0.3, -0.25) is 4.40 Å². The third kappa shape index (κ3) is 4.31. The van der Waals surface area contributed by atoms with Crippen molar-refractivity contribution in [1.29, 1.82) is 0 Å². The van der Waals surface area contributed by atoms with Crippen molar-refractivity contribution >= 4 is 24.9 Å². The molecule has 0 amide bonds. The number of ether oxygens (including phenoxy) is 1. The van der Waals surface area contributed by atoms with Crippen LogP contribution in [0.1, 0.15) is 68.6 Å². The van der Waals surface area contributed by atoms with Crippen molar-refractivity contribution < 1.29 is 4.74 Å². The van der Waals surface area contributed by atoms with Gasteiger partial charge in [0.25, 0.3) is 0 Å². The molecule has 4 heterocycles. The Labute approximate surface area is 206 Å². The molecule has 4 aromatic rings. The van der Waals surface area contributed by atoms with Crippen LogP contribution in [0.2, 0.25) is 25.7 Å². The van der Waals surface area contributed by atoms with Crippen LogP contribution in [0.5, 0.6) is 0 Å². The van der Waals surface area contributed by atoms with Crippen LogP contribution in [0, 0.1) is 5.92 Å². The molecule has 6 rings (SSSR count). The molecule has 0 aromatic carbocycles. The Morgan fingerprint density at radius 3 is 2.71 bits per heavy atom. The number of hydrogen-bond acceptors (Lipinski definition) is 6. The molecule has 0 spiro atoms. The Bertz CT molecular complexity index is 1330. The van der Waals surface area contributed by atoms with E-state index in [1.54, 1.807) is 6.33 Å². The minimum absolute atomic E-state index is 0.332. The van der Waals surface area contributed by atoms with Gasteiger partial charge in [0.1, 0.15) is 24.7 Å². The highest BCUT2D eigenvalue weighted by Crippen LogP contribution is 2.48. The van der Waals surface area contributed by atoms with Crippen LogP contribution in [0.25, 0.3) is 16.8 Å². The molecule has 4 aromatic heterocycles. The predicted molar refractivity (Wildman–Crippen MR) is 137 cm³/mol. The van der Waals surface area contributed by atoms with Crippen molar-refractivity contribution in [2.75, 3.05) is 6.61 Å². The summed E-state index contributed by atoms with van der Waals surface area (Å²) in [5.41, 5.74) is 2.78. The molecule has 0 saturated heterocycles. The normalized spacial score (nSPS) is 23.1. The van der Waals surface area contributed by atoms with Gasteiger partial charge in [0, 0.05) is 32.7 Å². The fraction of sp³-hybridized carbons (Fsp3) is 0.640. The molecule has 3 atom stereocenters. The van der Waals surface area contributed by atoms with Crippen LogP contribution in [-0.2, 0) is 11.5 Å². The molecule has 186 valence electrons. The summed E-state index contributed by atoms with van der Waals surface area (Å²) in [6.07, 6.45) is 11.4.